The van der Waals surface area contributed by atoms with Gasteiger partial charge in [-0.15, -0.1) is 0 Å². The summed E-state index contributed by atoms with van der Waals surface area (Å²) in [5.41, 5.74) is 0. The van der Waals surface area contributed by atoms with E-state index in [0.29, 0.717) is 0 Å². The van der Waals surface area contributed by atoms with Gasteiger partial charge in [0.15, 0.2) is 0 Å². The Kier molecular flexibility index (Phi) is 6.43. The van der Waals surface area contributed by atoms with Crippen LogP contribution in [0.5, 0.6) is 0 Å². The summed E-state index contributed by atoms with van der Waals surface area (Å²) in [4.78, 5) is 0. The van der Waals surface area contributed by atoms with Crippen molar-refractivity contribution in [3.05, 3.63) is 0 Å². The molecule has 3 rings (SSSR count). The van der Waals surface area contributed by atoms with Crippen LogP contribution in [-0.4, -0.2) is 60.0 Å². The Bertz CT molecular complexity index is 231. The van der Waals surface area contributed by atoms with Crippen molar-refractivity contribution in [1.82, 2.24) is 0 Å². The third-order valence-corrected chi connectivity index (χ3v) is 11.5. The molecule has 0 aromatic carbocycles. The van der Waals surface area contributed by atoms with Crippen molar-refractivity contribution >= 4 is 62.0 Å². The Morgan fingerprint density at radius 1 is 0.833 bits per heavy atom. The molecule has 18 heavy (non-hydrogen) atoms. The van der Waals surface area contributed by atoms with Gasteiger partial charge in [0.25, 0.3) is 0 Å². The number of rotatable bonds is 8. The van der Waals surface area contributed by atoms with E-state index < -0.39 is 0 Å². The molecule has 0 bridgehead atoms. The monoisotopic (exact) mass is 386 g/mol. The van der Waals surface area contributed by atoms with E-state index in [4.69, 9.17) is 0 Å². The predicted octanol–water partition coefficient (Wildman–Crippen LogP) is 3.86. The normalized spacial score (nSPS) is 38.7. The van der Waals surface area contributed by atoms with Crippen LogP contribution in [0.25, 0.3) is 0 Å². The molecule has 3 aliphatic heterocycles. The predicted molar refractivity (Wildman–Crippen MR) is 94.1 cm³/mol. The Balaban J connectivity index is 1.26. The summed E-state index contributed by atoms with van der Waals surface area (Å²) < 4.78 is 0. The van der Waals surface area contributed by atoms with Crippen molar-refractivity contribution in [2.24, 2.45) is 11.8 Å². The van der Waals surface area contributed by atoms with Gasteiger partial charge < -0.3 is 0 Å². The van der Waals surface area contributed by atoms with E-state index >= 15 is 0 Å². The van der Waals surface area contributed by atoms with Gasteiger partial charge in [-0.25, -0.2) is 0 Å². The molecule has 0 spiro atoms. The molecule has 5 heteroatoms. The quantitative estimate of drug-likeness (QED) is 0.459. The molecule has 104 valence electrons. The molecule has 0 aliphatic carbocycles. The molecular weight excluding hydrogens is 363 g/mol. The molecule has 0 aromatic heterocycles. The average molecular weight is 386 g/mol. The molecular formula is C13H22S4Se. The molecule has 0 nitrogen and oxygen atoms in total. The van der Waals surface area contributed by atoms with Crippen LogP contribution < -0.4 is 0 Å². The fourth-order valence-corrected chi connectivity index (χ4v) is 10.1. The molecule has 0 amide bonds. The molecule has 3 heterocycles. The van der Waals surface area contributed by atoms with E-state index in [0.717, 1.165) is 37.3 Å². The van der Waals surface area contributed by atoms with Crippen molar-refractivity contribution < 1.29 is 0 Å². The molecule has 0 N–H and O–H groups in total. The summed E-state index contributed by atoms with van der Waals surface area (Å²) in [6.07, 6.45) is 1.55. The molecule has 0 aromatic rings. The van der Waals surface area contributed by atoms with Crippen LogP contribution in [-0.2, 0) is 0 Å². The summed E-state index contributed by atoms with van der Waals surface area (Å²) in [5.74, 6) is 10.9. The van der Waals surface area contributed by atoms with Crippen molar-refractivity contribution in [2.75, 3.05) is 34.5 Å². The average Bonchev–Trinajstić information content (AvgIpc) is 3.25. The zero-order chi connectivity index (χ0) is 12.2. The third kappa shape index (κ3) is 5.73. The summed E-state index contributed by atoms with van der Waals surface area (Å²) >= 11 is 9.78. The van der Waals surface area contributed by atoms with Crippen LogP contribution in [0.3, 0.4) is 0 Å². The second-order valence-corrected chi connectivity index (χ2v) is 12.6. The molecule has 3 fully saturated rings. The van der Waals surface area contributed by atoms with E-state index in [1.807, 2.05) is 0 Å². The van der Waals surface area contributed by atoms with Crippen LogP contribution in [0.4, 0.5) is 0 Å². The Hall–Kier alpha value is 1.92. The first-order valence-corrected chi connectivity index (χ1v) is 13.7. The standard InChI is InChI=1S/C13H22S4Se/c1-10(2-14-4-12-6-16-12)8-18-9-11(1)3-15-5-13-7-17-13/h10-13H,1-9H2. The SMILES string of the molecule is C(SCC1CS1)C1C[Se]CC(CSCC2CS2)C1. The maximum atomic E-state index is 2.25. The second-order valence-electron chi connectivity index (χ2n) is 5.49. The van der Waals surface area contributed by atoms with Gasteiger partial charge >= 0.3 is 136 Å². The minimum atomic E-state index is 0.970. The summed E-state index contributed by atoms with van der Waals surface area (Å²) in [5, 5.41) is 5.23. The molecule has 0 saturated carbocycles. The van der Waals surface area contributed by atoms with Crippen LogP contribution in [0.2, 0.25) is 10.6 Å². The van der Waals surface area contributed by atoms with Crippen LogP contribution in [0, 0.1) is 11.8 Å². The fraction of sp³-hybridized carbons (Fsp3) is 1.00. The van der Waals surface area contributed by atoms with E-state index in [9.17, 15) is 0 Å². The number of hydrogen-bond acceptors (Lipinski definition) is 4. The molecule has 0 radical (unpaired) electrons. The van der Waals surface area contributed by atoms with Crippen molar-refractivity contribution in [3.8, 4) is 0 Å². The van der Waals surface area contributed by atoms with Gasteiger partial charge in [0.1, 0.15) is 0 Å². The zero-order valence-corrected chi connectivity index (χ0v) is 15.7. The van der Waals surface area contributed by atoms with Crippen molar-refractivity contribution in [1.29, 1.82) is 0 Å². The minimum absolute atomic E-state index is 0.970. The van der Waals surface area contributed by atoms with E-state index in [2.05, 4.69) is 47.0 Å². The first kappa shape index (κ1) is 14.8. The second kappa shape index (κ2) is 7.79. The molecule has 3 saturated heterocycles. The number of thioether (sulfide) groups is 4. The van der Waals surface area contributed by atoms with Gasteiger partial charge in [0.05, 0.1) is 0 Å². The van der Waals surface area contributed by atoms with Crippen LogP contribution in [0.15, 0.2) is 0 Å². The summed E-state index contributed by atoms with van der Waals surface area (Å²) in [7, 11) is 0. The van der Waals surface area contributed by atoms with Gasteiger partial charge in [-0.2, -0.15) is 0 Å². The van der Waals surface area contributed by atoms with E-state index in [1.165, 1.54) is 34.5 Å². The molecule has 3 aliphatic rings. The molecule has 4 unspecified atom stereocenters. The zero-order valence-electron chi connectivity index (χ0n) is 10.7. The van der Waals surface area contributed by atoms with E-state index in [1.54, 1.807) is 17.1 Å². The third-order valence-electron chi connectivity index (χ3n) is 3.49. The Labute approximate surface area is 135 Å². The maximum absolute atomic E-state index is 2.25. The topological polar surface area (TPSA) is 0 Å². The van der Waals surface area contributed by atoms with Gasteiger partial charge in [0.2, 0.25) is 0 Å². The summed E-state index contributed by atoms with van der Waals surface area (Å²) in [6, 6.07) is 0. The van der Waals surface area contributed by atoms with Crippen LogP contribution >= 0.6 is 47.0 Å². The van der Waals surface area contributed by atoms with Gasteiger partial charge in [-0.1, -0.05) is 0 Å². The van der Waals surface area contributed by atoms with Crippen molar-refractivity contribution in [2.45, 2.75) is 27.6 Å². The summed E-state index contributed by atoms with van der Waals surface area (Å²) in [6.45, 7) is 0. The van der Waals surface area contributed by atoms with Crippen LogP contribution in [0.1, 0.15) is 6.42 Å². The van der Waals surface area contributed by atoms with Gasteiger partial charge in [0, 0.05) is 0 Å². The Morgan fingerprint density at radius 2 is 1.33 bits per heavy atom. The molecule has 4 atom stereocenters. The van der Waals surface area contributed by atoms with Crippen molar-refractivity contribution in [3.63, 3.8) is 0 Å². The number of hydrogen-bond donors (Lipinski definition) is 0. The fourth-order valence-electron chi connectivity index (χ4n) is 2.30. The van der Waals surface area contributed by atoms with Gasteiger partial charge in [-0.3, -0.25) is 0 Å². The first-order chi connectivity index (χ1) is 8.90. The van der Waals surface area contributed by atoms with Gasteiger partial charge in [-0.05, 0) is 0 Å². The Morgan fingerprint density at radius 3 is 1.78 bits per heavy atom. The first-order valence-electron chi connectivity index (χ1n) is 6.86. The van der Waals surface area contributed by atoms with E-state index in [-0.39, 0.29) is 0 Å².